The van der Waals surface area contributed by atoms with Crippen molar-refractivity contribution in [1.29, 1.82) is 0 Å². The average molecular weight is 245 g/mol. The second-order valence-corrected chi connectivity index (χ2v) is 4.63. The van der Waals surface area contributed by atoms with Crippen molar-refractivity contribution in [3.05, 3.63) is 29.3 Å². The van der Waals surface area contributed by atoms with E-state index in [9.17, 15) is 0 Å². The van der Waals surface area contributed by atoms with Gasteiger partial charge in [0.1, 0.15) is 12.4 Å². The SMILES string of the molecule is COc1ccc(C#CCO)cc1CN(C)C1CC1. The maximum atomic E-state index is 8.72. The molecule has 3 nitrogen and oxygen atoms in total. The lowest BCUT2D eigenvalue weighted by Crippen LogP contribution is -2.20. The van der Waals surface area contributed by atoms with Gasteiger partial charge in [0, 0.05) is 23.7 Å². The Labute approximate surface area is 108 Å². The van der Waals surface area contributed by atoms with E-state index in [1.54, 1.807) is 7.11 Å². The molecule has 0 aliphatic heterocycles. The van der Waals surface area contributed by atoms with Gasteiger partial charge in [0.25, 0.3) is 0 Å². The Morgan fingerprint density at radius 1 is 1.44 bits per heavy atom. The molecule has 1 aromatic rings. The first-order valence-corrected chi connectivity index (χ1v) is 6.21. The smallest absolute Gasteiger partial charge is 0.123 e. The third-order valence-corrected chi connectivity index (χ3v) is 3.18. The highest BCUT2D eigenvalue weighted by Crippen LogP contribution is 2.29. The molecule has 0 atom stereocenters. The fourth-order valence-electron chi connectivity index (χ4n) is 2.03. The topological polar surface area (TPSA) is 32.7 Å². The fourth-order valence-corrected chi connectivity index (χ4v) is 2.03. The second-order valence-electron chi connectivity index (χ2n) is 4.63. The Hall–Kier alpha value is -1.50. The predicted octanol–water partition coefficient (Wildman–Crippen LogP) is 1.63. The number of methoxy groups -OCH3 is 1. The maximum absolute atomic E-state index is 8.72. The average Bonchev–Trinajstić information content (AvgIpc) is 3.20. The number of aliphatic hydroxyl groups is 1. The number of rotatable bonds is 4. The first-order chi connectivity index (χ1) is 8.74. The molecule has 0 heterocycles. The van der Waals surface area contributed by atoms with Gasteiger partial charge in [0.05, 0.1) is 7.11 Å². The lowest BCUT2D eigenvalue weighted by atomic mass is 10.1. The highest BCUT2D eigenvalue weighted by Gasteiger charge is 2.26. The van der Waals surface area contributed by atoms with Crippen molar-refractivity contribution < 1.29 is 9.84 Å². The summed E-state index contributed by atoms with van der Waals surface area (Å²) in [6, 6.07) is 6.63. The molecular formula is C15H19NO2. The van der Waals surface area contributed by atoms with Crippen LogP contribution in [0.3, 0.4) is 0 Å². The molecule has 1 aliphatic carbocycles. The normalized spacial score (nSPS) is 14.2. The molecule has 96 valence electrons. The van der Waals surface area contributed by atoms with E-state index in [1.807, 2.05) is 18.2 Å². The summed E-state index contributed by atoms with van der Waals surface area (Å²) in [5.41, 5.74) is 2.07. The van der Waals surface area contributed by atoms with Crippen molar-refractivity contribution >= 4 is 0 Å². The van der Waals surface area contributed by atoms with Gasteiger partial charge >= 0.3 is 0 Å². The molecule has 1 N–H and O–H groups in total. The molecule has 0 spiro atoms. The number of hydrogen-bond acceptors (Lipinski definition) is 3. The van der Waals surface area contributed by atoms with Gasteiger partial charge in [-0.3, -0.25) is 4.90 Å². The number of benzene rings is 1. The molecule has 2 rings (SSSR count). The molecular weight excluding hydrogens is 226 g/mol. The molecule has 0 amide bonds. The Bertz CT molecular complexity index is 469. The van der Waals surface area contributed by atoms with Crippen LogP contribution in [-0.4, -0.2) is 36.8 Å². The molecule has 0 bridgehead atoms. The van der Waals surface area contributed by atoms with E-state index in [2.05, 4.69) is 23.8 Å². The van der Waals surface area contributed by atoms with Crippen LogP contribution < -0.4 is 4.74 Å². The molecule has 0 radical (unpaired) electrons. The highest BCUT2D eigenvalue weighted by molar-refractivity contribution is 5.44. The summed E-state index contributed by atoms with van der Waals surface area (Å²) in [5, 5.41) is 8.72. The van der Waals surface area contributed by atoms with Gasteiger partial charge in [-0.2, -0.15) is 0 Å². The third kappa shape index (κ3) is 3.25. The minimum atomic E-state index is -0.108. The van der Waals surface area contributed by atoms with Gasteiger partial charge < -0.3 is 9.84 Å². The fraction of sp³-hybridized carbons (Fsp3) is 0.467. The van der Waals surface area contributed by atoms with Gasteiger partial charge in [-0.15, -0.1) is 0 Å². The summed E-state index contributed by atoms with van der Waals surface area (Å²) >= 11 is 0. The van der Waals surface area contributed by atoms with E-state index in [-0.39, 0.29) is 6.61 Å². The standard InChI is InChI=1S/C15H19NO2/c1-16(14-6-7-14)11-13-10-12(4-3-9-17)5-8-15(13)18-2/h5,8,10,14,17H,6-7,9,11H2,1-2H3. The molecule has 0 aromatic heterocycles. The molecule has 1 aromatic carbocycles. The van der Waals surface area contributed by atoms with E-state index < -0.39 is 0 Å². The van der Waals surface area contributed by atoms with Crippen molar-refractivity contribution in [2.45, 2.75) is 25.4 Å². The van der Waals surface area contributed by atoms with Gasteiger partial charge in [0.2, 0.25) is 0 Å². The molecule has 0 unspecified atom stereocenters. The minimum absolute atomic E-state index is 0.108. The number of nitrogens with zero attached hydrogens (tertiary/aromatic N) is 1. The molecule has 18 heavy (non-hydrogen) atoms. The molecule has 3 heteroatoms. The maximum Gasteiger partial charge on any atom is 0.123 e. The number of aliphatic hydroxyl groups excluding tert-OH is 1. The van der Waals surface area contributed by atoms with E-state index >= 15 is 0 Å². The zero-order valence-electron chi connectivity index (χ0n) is 10.9. The summed E-state index contributed by atoms with van der Waals surface area (Å²) in [6.45, 7) is 0.770. The van der Waals surface area contributed by atoms with Crippen LogP contribution in [0.2, 0.25) is 0 Å². The Kier molecular flexibility index (Phi) is 4.24. The van der Waals surface area contributed by atoms with Crippen molar-refractivity contribution in [3.8, 4) is 17.6 Å². The predicted molar refractivity (Wildman–Crippen MR) is 71.4 cm³/mol. The first-order valence-electron chi connectivity index (χ1n) is 6.21. The van der Waals surface area contributed by atoms with Gasteiger partial charge in [0.15, 0.2) is 0 Å². The summed E-state index contributed by atoms with van der Waals surface area (Å²) in [6.07, 6.45) is 2.59. The van der Waals surface area contributed by atoms with Crippen LogP contribution in [0.1, 0.15) is 24.0 Å². The van der Waals surface area contributed by atoms with E-state index in [0.717, 1.165) is 29.5 Å². The minimum Gasteiger partial charge on any atom is -0.496 e. The van der Waals surface area contributed by atoms with Crippen molar-refractivity contribution in [2.75, 3.05) is 20.8 Å². The summed E-state index contributed by atoms with van der Waals surface area (Å²) in [7, 11) is 3.83. The van der Waals surface area contributed by atoms with Crippen molar-refractivity contribution in [2.24, 2.45) is 0 Å². The van der Waals surface area contributed by atoms with Crippen LogP contribution in [0.15, 0.2) is 18.2 Å². The van der Waals surface area contributed by atoms with Crippen molar-refractivity contribution in [1.82, 2.24) is 4.90 Å². The number of ether oxygens (including phenoxy) is 1. The van der Waals surface area contributed by atoms with Gasteiger partial charge in [-0.25, -0.2) is 0 Å². The lowest BCUT2D eigenvalue weighted by Gasteiger charge is -2.17. The Morgan fingerprint density at radius 3 is 2.83 bits per heavy atom. The largest absolute Gasteiger partial charge is 0.496 e. The zero-order chi connectivity index (χ0) is 13.0. The van der Waals surface area contributed by atoms with Crippen LogP contribution in [0.4, 0.5) is 0 Å². The number of hydrogen-bond donors (Lipinski definition) is 1. The van der Waals surface area contributed by atoms with Crippen LogP contribution >= 0.6 is 0 Å². The van der Waals surface area contributed by atoms with E-state index in [4.69, 9.17) is 9.84 Å². The van der Waals surface area contributed by atoms with Crippen LogP contribution in [0, 0.1) is 11.8 Å². The highest BCUT2D eigenvalue weighted by atomic mass is 16.5. The Morgan fingerprint density at radius 2 is 2.22 bits per heavy atom. The lowest BCUT2D eigenvalue weighted by molar-refractivity contribution is 0.308. The zero-order valence-corrected chi connectivity index (χ0v) is 10.9. The van der Waals surface area contributed by atoms with E-state index in [1.165, 1.54) is 12.8 Å². The molecule has 1 aliphatic rings. The van der Waals surface area contributed by atoms with Crippen LogP contribution in [0.25, 0.3) is 0 Å². The van der Waals surface area contributed by atoms with Gasteiger partial charge in [-0.1, -0.05) is 11.8 Å². The van der Waals surface area contributed by atoms with Crippen molar-refractivity contribution in [3.63, 3.8) is 0 Å². The molecule has 1 fully saturated rings. The van der Waals surface area contributed by atoms with Gasteiger partial charge in [-0.05, 0) is 38.1 Å². The molecule has 1 saturated carbocycles. The molecule has 0 saturated heterocycles. The Balaban J connectivity index is 2.18. The second kappa shape index (κ2) is 5.90. The summed E-state index contributed by atoms with van der Waals surface area (Å²) in [5.74, 6) is 6.50. The quantitative estimate of drug-likeness (QED) is 0.818. The van der Waals surface area contributed by atoms with Crippen LogP contribution in [-0.2, 0) is 6.54 Å². The third-order valence-electron chi connectivity index (χ3n) is 3.18. The monoisotopic (exact) mass is 245 g/mol. The summed E-state index contributed by atoms with van der Waals surface area (Å²) < 4.78 is 5.38. The summed E-state index contributed by atoms with van der Waals surface area (Å²) in [4.78, 5) is 2.35. The first kappa shape index (κ1) is 12.9. The van der Waals surface area contributed by atoms with Crippen LogP contribution in [0.5, 0.6) is 5.75 Å². The van der Waals surface area contributed by atoms with E-state index in [0.29, 0.717) is 0 Å².